The standard InChI is InChI=1S/C47H50N8O6Si/c1-29-45(62(2,3)60)42(18-20-54-28-35(19-21-56)52-53-54)61-47(29)38-24-34(51-44(58)23-32-26-49-40-11-7-5-9-37(32)40)16-17-41(38)55(46(47)59)27-30-12-14-33(15-13-30)50-43(57)22-31-25-48-39-10-6-4-8-36(31)39/h4-17,24-26,28-29,42,45,48-49,56,60H,18-23,27H2,1-3H3,(H,50,57)(H,51,58)/t29-,42+,45-,47+/m0/s1. The number of H-pyrrole nitrogens is 2. The van der Waals surface area contributed by atoms with E-state index >= 15 is 4.79 Å². The van der Waals surface area contributed by atoms with E-state index in [-0.39, 0.29) is 49.3 Å². The van der Waals surface area contributed by atoms with Gasteiger partial charge in [-0.3, -0.25) is 19.1 Å². The average Bonchev–Trinajstić information content (AvgIpc) is 4.07. The number of anilines is 3. The zero-order chi connectivity index (χ0) is 43.2. The summed E-state index contributed by atoms with van der Waals surface area (Å²) in [6, 6.07) is 28.7. The van der Waals surface area contributed by atoms with Crippen molar-refractivity contribution in [1.29, 1.82) is 0 Å². The summed E-state index contributed by atoms with van der Waals surface area (Å²) in [7, 11) is -2.97. The lowest BCUT2D eigenvalue weighted by atomic mass is 9.82. The summed E-state index contributed by atoms with van der Waals surface area (Å²) in [5.41, 5.74) is 5.93. The number of amides is 3. The summed E-state index contributed by atoms with van der Waals surface area (Å²) >= 11 is 0. The number of benzene rings is 4. The van der Waals surface area contributed by atoms with E-state index in [0.717, 1.165) is 38.5 Å². The third-order valence-corrected chi connectivity index (χ3v) is 15.0. The third-order valence-electron chi connectivity index (χ3n) is 12.5. The van der Waals surface area contributed by atoms with Crippen molar-refractivity contribution in [2.24, 2.45) is 5.92 Å². The summed E-state index contributed by atoms with van der Waals surface area (Å²) in [5, 5.41) is 25.9. The highest BCUT2D eigenvalue weighted by Gasteiger charge is 2.66. The van der Waals surface area contributed by atoms with Crippen LogP contribution in [0.1, 0.15) is 41.3 Å². The van der Waals surface area contributed by atoms with Crippen LogP contribution in [0.25, 0.3) is 21.8 Å². The molecule has 0 bridgehead atoms. The lowest BCUT2D eigenvalue weighted by Crippen LogP contribution is -2.46. The number of carbonyl (C=O) groups is 3. The van der Waals surface area contributed by atoms with Gasteiger partial charge in [-0.2, -0.15) is 0 Å². The highest BCUT2D eigenvalue weighted by Crippen LogP contribution is 2.60. The van der Waals surface area contributed by atoms with Crippen molar-refractivity contribution in [3.8, 4) is 0 Å². The van der Waals surface area contributed by atoms with Crippen LogP contribution in [0.15, 0.2) is 110 Å². The molecule has 1 fully saturated rings. The predicted molar refractivity (Wildman–Crippen MR) is 240 cm³/mol. The van der Waals surface area contributed by atoms with Gasteiger partial charge in [0, 0.05) is 88.4 Å². The zero-order valence-electron chi connectivity index (χ0n) is 34.9. The first-order valence-electron chi connectivity index (χ1n) is 21.1. The number of aromatic amines is 2. The number of aliphatic hydroxyl groups is 1. The van der Waals surface area contributed by atoms with Gasteiger partial charge < -0.3 is 40.1 Å². The Balaban J connectivity index is 0.991. The number of aryl methyl sites for hydroxylation is 1. The maximum absolute atomic E-state index is 15.2. The lowest BCUT2D eigenvalue weighted by molar-refractivity contribution is -0.146. The van der Waals surface area contributed by atoms with Gasteiger partial charge in [0.05, 0.1) is 36.9 Å². The first-order valence-corrected chi connectivity index (χ1v) is 24.1. The van der Waals surface area contributed by atoms with Crippen LogP contribution in [0.2, 0.25) is 18.6 Å². The van der Waals surface area contributed by atoms with Crippen LogP contribution in [0.4, 0.5) is 17.1 Å². The zero-order valence-corrected chi connectivity index (χ0v) is 35.9. The third kappa shape index (κ3) is 7.72. The van der Waals surface area contributed by atoms with Gasteiger partial charge in [-0.1, -0.05) is 60.7 Å². The van der Waals surface area contributed by atoms with E-state index in [4.69, 9.17) is 4.74 Å². The largest absolute Gasteiger partial charge is 0.432 e. The number of ether oxygens (including phenoxy) is 1. The molecule has 7 aromatic rings. The number of aliphatic hydroxyl groups excluding tert-OH is 1. The molecule has 0 aliphatic carbocycles. The van der Waals surface area contributed by atoms with Crippen LogP contribution in [-0.4, -0.2) is 73.6 Å². The van der Waals surface area contributed by atoms with Gasteiger partial charge in [0.2, 0.25) is 11.8 Å². The summed E-state index contributed by atoms with van der Waals surface area (Å²) < 4.78 is 8.79. The van der Waals surface area contributed by atoms with Crippen molar-refractivity contribution >= 4 is 64.9 Å². The maximum Gasteiger partial charge on any atom is 0.264 e. The quantitative estimate of drug-likeness (QED) is 0.0663. The summed E-state index contributed by atoms with van der Waals surface area (Å²) in [5.74, 6) is -1.01. The number of nitrogens with zero attached hydrogens (tertiary/aromatic N) is 4. The fraction of sp³-hybridized carbons (Fsp3) is 0.298. The highest BCUT2D eigenvalue weighted by molar-refractivity contribution is 6.71. The molecule has 318 valence electrons. The number of fused-ring (bicyclic) bond motifs is 4. The number of hydrogen-bond acceptors (Lipinski definition) is 8. The van der Waals surface area contributed by atoms with Gasteiger partial charge in [-0.15, -0.1) is 5.10 Å². The molecular formula is C47H50N8O6Si. The number of aromatic nitrogens is 5. The molecule has 2 aliphatic heterocycles. The number of para-hydroxylation sites is 2. The molecule has 1 saturated heterocycles. The van der Waals surface area contributed by atoms with Crippen LogP contribution >= 0.6 is 0 Å². The van der Waals surface area contributed by atoms with Gasteiger partial charge >= 0.3 is 0 Å². The number of rotatable bonds is 14. The van der Waals surface area contributed by atoms with E-state index in [1.807, 2.05) is 123 Å². The van der Waals surface area contributed by atoms with Gasteiger partial charge in [-0.05, 0) is 78.7 Å². The van der Waals surface area contributed by atoms with Crippen LogP contribution in [0, 0.1) is 5.92 Å². The molecule has 3 aromatic heterocycles. The Labute approximate surface area is 359 Å². The predicted octanol–water partition coefficient (Wildman–Crippen LogP) is 6.57. The Kier molecular flexibility index (Phi) is 10.9. The molecule has 5 heterocycles. The van der Waals surface area contributed by atoms with Crippen LogP contribution in [0.5, 0.6) is 0 Å². The SMILES string of the molecule is C[C@H]1[C@H]([Si](C)(C)O)[C@@H](CCn2cc(CCO)nn2)O[C@]12C(=O)N(Cc1ccc(NC(=O)Cc3c[nH]c4ccccc34)cc1)c1ccc(NC(=O)Cc3c[nH]c4ccccc34)cc12. The Morgan fingerprint density at radius 3 is 2.11 bits per heavy atom. The van der Waals surface area contributed by atoms with E-state index in [1.54, 1.807) is 15.8 Å². The molecule has 9 rings (SSSR count). The minimum atomic E-state index is -2.97. The van der Waals surface area contributed by atoms with Gasteiger partial charge in [-0.25, -0.2) is 0 Å². The molecule has 4 atom stereocenters. The van der Waals surface area contributed by atoms with Crippen molar-refractivity contribution in [2.45, 2.75) is 76.0 Å². The van der Waals surface area contributed by atoms with Crippen molar-refractivity contribution in [3.63, 3.8) is 0 Å². The van der Waals surface area contributed by atoms with E-state index in [0.29, 0.717) is 47.7 Å². The van der Waals surface area contributed by atoms with Crippen molar-refractivity contribution in [2.75, 3.05) is 22.1 Å². The minimum Gasteiger partial charge on any atom is -0.432 e. The molecule has 1 spiro atoms. The molecule has 6 N–H and O–H groups in total. The van der Waals surface area contributed by atoms with E-state index in [9.17, 15) is 19.5 Å². The Hall–Kier alpha value is -6.39. The number of carbonyl (C=O) groups excluding carboxylic acids is 3. The van der Waals surface area contributed by atoms with Gasteiger partial charge in [0.25, 0.3) is 5.91 Å². The van der Waals surface area contributed by atoms with Crippen molar-refractivity contribution in [3.05, 3.63) is 138 Å². The van der Waals surface area contributed by atoms with E-state index < -0.39 is 25.9 Å². The molecular weight excluding hydrogens is 801 g/mol. The number of hydrogen-bond donors (Lipinski definition) is 6. The number of nitrogens with one attached hydrogen (secondary N) is 4. The van der Waals surface area contributed by atoms with Crippen molar-refractivity contribution < 1.29 is 29.0 Å². The second kappa shape index (κ2) is 16.5. The Bertz CT molecular complexity index is 2790. The Morgan fingerprint density at radius 2 is 1.48 bits per heavy atom. The fourth-order valence-corrected chi connectivity index (χ4v) is 12.3. The van der Waals surface area contributed by atoms with Crippen LogP contribution in [0.3, 0.4) is 0 Å². The summed E-state index contributed by atoms with van der Waals surface area (Å²) in [6.45, 7) is 6.39. The van der Waals surface area contributed by atoms with Crippen LogP contribution < -0.4 is 15.5 Å². The smallest absolute Gasteiger partial charge is 0.264 e. The van der Waals surface area contributed by atoms with Crippen molar-refractivity contribution in [1.82, 2.24) is 25.0 Å². The Morgan fingerprint density at radius 1 is 0.871 bits per heavy atom. The first-order chi connectivity index (χ1) is 29.9. The molecule has 2 aliphatic rings. The maximum atomic E-state index is 15.2. The summed E-state index contributed by atoms with van der Waals surface area (Å²) in [4.78, 5) is 62.0. The highest BCUT2D eigenvalue weighted by atomic mass is 28.4. The van der Waals surface area contributed by atoms with Gasteiger partial charge in [0.15, 0.2) is 13.9 Å². The topological polar surface area (TPSA) is 190 Å². The molecule has 0 radical (unpaired) electrons. The molecule has 14 nitrogen and oxygen atoms in total. The molecule has 62 heavy (non-hydrogen) atoms. The fourth-order valence-electron chi connectivity index (χ4n) is 9.71. The van der Waals surface area contributed by atoms with Crippen LogP contribution in [-0.2, 0) is 57.1 Å². The van der Waals surface area contributed by atoms with E-state index in [2.05, 4.69) is 30.9 Å². The molecule has 4 aromatic carbocycles. The normalized spacial score (nSPS) is 19.8. The molecule has 3 amide bonds. The monoisotopic (exact) mass is 850 g/mol. The summed E-state index contributed by atoms with van der Waals surface area (Å²) in [6.07, 6.45) is 6.25. The second-order valence-corrected chi connectivity index (χ2v) is 21.1. The average molecular weight is 851 g/mol. The van der Waals surface area contributed by atoms with E-state index in [1.165, 1.54) is 0 Å². The molecule has 0 saturated carbocycles. The second-order valence-electron chi connectivity index (χ2n) is 17.1. The molecule has 0 unspecified atom stereocenters. The first kappa shape index (κ1) is 41.0. The minimum absolute atomic E-state index is 0.0342. The molecule has 15 heteroatoms. The lowest BCUT2D eigenvalue weighted by Gasteiger charge is -2.32. The van der Waals surface area contributed by atoms with Gasteiger partial charge in [0.1, 0.15) is 0 Å².